The number of nitrogens with one attached hydrogen (secondary N) is 1. The molecule has 0 aromatic heterocycles. The van der Waals surface area contributed by atoms with Crippen LogP contribution >= 0.6 is 0 Å². The molecular weight excluding hydrogens is 390 g/mol. The van der Waals surface area contributed by atoms with Crippen LogP contribution in [0.15, 0.2) is 30.3 Å². The van der Waals surface area contributed by atoms with Gasteiger partial charge in [-0.3, -0.25) is 0 Å². The first-order chi connectivity index (χ1) is 15.5. The van der Waals surface area contributed by atoms with Crippen molar-refractivity contribution in [2.75, 3.05) is 50.7 Å². The standard InChI is InChI=1S/C21H33N3.C5H12.C3H8/c1-2-4-20(5-3-1)24-16-10-21(11-17-24)8-14-23(15-9-21)18-19-6-12-22-13-7-19;1-4-5(2)3;1-3-2/h1-5,19,22H,6-18H2;5H,4H2,1-3H3;3H2,1-2H3. The molecule has 0 amide bonds. The molecule has 4 rings (SSSR count). The maximum Gasteiger partial charge on any atom is 0.0366 e. The van der Waals surface area contributed by atoms with Gasteiger partial charge in [0, 0.05) is 25.3 Å². The Kier molecular flexibility index (Phi) is 12.7. The summed E-state index contributed by atoms with van der Waals surface area (Å²) in [6.07, 6.45) is 11.0. The smallest absolute Gasteiger partial charge is 0.0366 e. The molecule has 0 radical (unpaired) electrons. The van der Waals surface area contributed by atoms with Gasteiger partial charge < -0.3 is 15.1 Å². The fourth-order valence-electron chi connectivity index (χ4n) is 5.02. The minimum absolute atomic E-state index is 0.649. The molecule has 3 nitrogen and oxygen atoms in total. The summed E-state index contributed by atoms with van der Waals surface area (Å²) in [6, 6.07) is 11.0. The van der Waals surface area contributed by atoms with Crippen LogP contribution in [-0.2, 0) is 0 Å². The lowest BCUT2D eigenvalue weighted by Gasteiger charge is -2.48. The Morgan fingerprint density at radius 1 is 0.875 bits per heavy atom. The zero-order valence-corrected chi connectivity index (χ0v) is 22.0. The molecule has 32 heavy (non-hydrogen) atoms. The molecule has 1 N–H and O–H groups in total. The van der Waals surface area contributed by atoms with Crippen LogP contribution in [0.3, 0.4) is 0 Å². The summed E-state index contributed by atoms with van der Waals surface area (Å²) in [7, 11) is 0. The van der Waals surface area contributed by atoms with E-state index in [0.717, 1.165) is 11.8 Å². The Hall–Kier alpha value is -1.06. The quantitative estimate of drug-likeness (QED) is 0.550. The lowest BCUT2D eigenvalue weighted by Crippen LogP contribution is -2.48. The monoisotopic (exact) mass is 443 g/mol. The fourth-order valence-corrected chi connectivity index (χ4v) is 5.02. The normalized spacial score (nSPS) is 21.5. The van der Waals surface area contributed by atoms with E-state index >= 15 is 0 Å². The van der Waals surface area contributed by atoms with Gasteiger partial charge in [0.05, 0.1) is 0 Å². The van der Waals surface area contributed by atoms with Crippen molar-refractivity contribution in [2.24, 2.45) is 17.3 Å². The van der Waals surface area contributed by atoms with Gasteiger partial charge in [-0.2, -0.15) is 0 Å². The first-order valence-electron chi connectivity index (χ1n) is 13.7. The van der Waals surface area contributed by atoms with Gasteiger partial charge in [-0.15, -0.1) is 0 Å². The van der Waals surface area contributed by atoms with E-state index in [4.69, 9.17) is 0 Å². The summed E-state index contributed by atoms with van der Waals surface area (Å²) in [5.74, 6) is 1.83. The molecule has 3 saturated heterocycles. The maximum atomic E-state index is 3.49. The van der Waals surface area contributed by atoms with Gasteiger partial charge in [0.1, 0.15) is 0 Å². The molecule has 3 aliphatic heterocycles. The summed E-state index contributed by atoms with van der Waals surface area (Å²) < 4.78 is 0. The lowest BCUT2D eigenvalue weighted by molar-refractivity contribution is 0.0671. The Morgan fingerprint density at radius 3 is 1.88 bits per heavy atom. The zero-order valence-electron chi connectivity index (χ0n) is 22.0. The molecule has 0 saturated carbocycles. The van der Waals surface area contributed by atoms with Crippen LogP contribution in [0.1, 0.15) is 86.0 Å². The van der Waals surface area contributed by atoms with E-state index in [1.165, 1.54) is 103 Å². The zero-order chi connectivity index (χ0) is 23.2. The van der Waals surface area contributed by atoms with Gasteiger partial charge in [0.2, 0.25) is 0 Å². The van der Waals surface area contributed by atoms with Gasteiger partial charge >= 0.3 is 0 Å². The van der Waals surface area contributed by atoms with E-state index < -0.39 is 0 Å². The van der Waals surface area contributed by atoms with Gasteiger partial charge in [0.25, 0.3) is 0 Å². The molecule has 0 atom stereocenters. The van der Waals surface area contributed by atoms with Crippen LogP contribution in [0.4, 0.5) is 5.69 Å². The number of nitrogens with zero attached hydrogens (tertiary/aromatic N) is 2. The van der Waals surface area contributed by atoms with Crippen LogP contribution in [0.5, 0.6) is 0 Å². The van der Waals surface area contributed by atoms with Crippen molar-refractivity contribution in [1.82, 2.24) is 10.2 Å². The third-order valence-electron chi connectivity index (χ3n) is 7.65. The summed E-state index contributed by atoms with van der Waals surface area (Å²) in [5.41, 5.74) is 2.06. The first kappa shape index (κ1) is 27.2. The summed E-state index contributed by atoms with van der Waals surface area (Å²) in [4.78, 5) is 5.36. The highest BCUT2D eigenvalue weighted by atomic mass is 15.2. The highest BCUT2D eigenvalue weighted by molar-refractivity contribution is 5.46. The second kappa shape index (κ2) is 15.0. The highest BCUT2D eigenvalue weighted by Crippen LogP contribution is 2.42. The first-order valence-corrected chi connectivity index (χ1v) is 13.7. The second-order valence-electron chi connectivity index (χ2n) is 10.8. The van der Waals surface area contributed by atoms with Crippen LogP contribution < -0.4 is 10.2 Å². The number of piperidine rings is 3. The molecule has 3 heterocycles. The average Bonchev–Trinajstić information content (AvgIpc) is 2.83. The maximum absolute atomic E-state index is 3.49. The topological polar surface area (TPSA) is 18.5 Å². The molecule has 3 aliphatic rings. The van der Waals surface area contributed by atoms with E-state index in [-0.39, 0.29) is 0 Å². The number of anilines is 1. The van der Waals surface area contributed by atoms with E-state index in [1.807, 2.05) is 0 Å². The molecule has 1 aromatic carbocycles. The number of hydrogen-bond donors (Lipinski definition) is 1. The Labute approximate surface area is 200 Å². The molecule has 1 spiro atoms. The molecule has 184 valence electrons. The molecule has 0 aliphatic carbocycles. The van der Waals surface area contributed by atoms with Crippen molar-refractivity contribution >= 4 is 5.69 Å². The molecular formula is C29H53N3. The van der Waals surface area contributed by atoms with Crippen molar-refractivity contribution in [3.8, 4) is 0 Å². The predicted octanol–water partition coefficient (Wildman–Crippen LogP) is 6.84. The third-order valence-corrected chi connectivity index (χ3v) is 7.65. The van der Waals surface area contributed by atoms with E-state index in [2.05, 4.69) is 80.1 Å². The molecule has 0 unspecified atom stereocenters. The van der Waals surface area contributed by atoms with Crippen LogP contribution in [0, 0.1) is 17.3 Å². The van der Waals surface area contributed by atoms with Crippen molar-refractivity contribution in [1.29, 1.82) is 0 Å². The summed E-state index contributed by atoms with van der Waals surface area (Å²) in [5, 5.41) is 3.49. The van der Waals surface area contributed by atoms with E-state index in [1.54, 1.807) is 0 Å². The van der Waals surface area contributed by atoms with Gasteiger partial charge in [0.15, 0.2) is 0 Å². The number of para-hydroxylation sites is 1. The molecule has 3 heteroatoms. The number of hydrogen-bond acceptors (Lipinski definition) is 3. The molecule has 3 fully saturated rings. The SMILES string of the molecule is CCC.CCC(C)C.c1ccc(N2CCC3(CCN(CC4CCNCC4)CC3)CC2)cc1. The van der Waals surface area contributed by atoms with E-state index in [9.17, 15) is 0 Å². The Morgan fingerprint density at radius 2 is 1.38 bits per heavy atom. The largest absolute Gasteiger partial charge is 0.371 e. The van der Waals surface area contributed by atoms with Crippen LogP contribution in [-0.4, -0.2) is 50.7 Å². The number of rotatable bonds is 4. The average molecular weight is 444 g/mol. The Balaban J connectivity index is 0.000000395. The van der Waals surface area contributed by atoms with Crippen molar-refractivity contribution in [3.05, 3.63) is 30.3 Å². The second-order valence-corrected chi connectivity index (χ2v) is 10.8. The molecule has 0 bridgehead atoms. The van der Waals surface area contributed by atoms with Crippen LogP contribution in [0.25, 0.3) is 0 Å². The predicted molar refractivity (Wildman–Crippen MR) is 143 cm³/mol. The number of likely N-dealkylation sites (tertiary alicyclic amines) is 1. The van der Waals surface area contributed by atoms with Crippen LogP contribution in [0.2, 0.25) is 0 Å². The fraction of sp³-hybridized carbons (Fsp3) is 0.793. The lowest BCUT2D eigenvalue weighted by atomic mass is 9.71. The summed E-state index contributed by atoms with van der Waals surface area (Å²) in [6.45, 7) is 19.9. The summed E-state index contributed by atoms with van der Waals surface area (Å²) >= 11 is 0. The van der Waals surface area contributed by atoms with Crippen molar-refractivity contribution in [3.63, 3.8) is 0 Å². The minimum atomic E-state index is 0.649. The van der Waals surface area contributed by atoms with Crippen molar-refractivity contribution in [2.45, 2.75) is 86.0 Å². The Bertz CT molecular complexity index is 561. The minimum Gasteiger partial charge on any atom is -0.371 e. The van der Waals surface area contributed by atoms with Crippen molar-refractivity contribution < 1.29 is 0 Å². The number of benzene rings is 1. The van der Waals surface area contributed by atoms with E-state index in [0.29, 0.717) is 5.41 Å². The van der Waals surface area contributed by atoms with Gasteiger partial charge in [-0.05, 0) is 94.1 Å². The molecule has 1 aromatic rings. The highest BCUT2D eigenvalue weighted by Gasteiger charge is 2.37. The third kappa shape index (κ3) is 9.43. The van der Waals surface area contributed by atoms with Gasteiger partial charge in [-0.25, -0.2) is 0 Å². The van der Waals surface area contributed by atoms with Gasteiger partial charge in [-0.1, -0.05) is 65.7 Å².